The molecule has 2 aliphatic rings. The smallest absolute Gasteiger partial charge is 0.276 e. The summed E-state index contributed by atoms with van der Waals surface area (Å²) in [7, 11) is 0. The molecule has 1 saturated heterocycles. The van der Waals surface area contributed by atoms with E-state index in [4.69, 9.17) is 4.74 Å². The first-order valence-corrected chi connectivity index (χ1v) is 9.48. The van der Waals surface area contributed by atoms with E-state index in [0.717, 1.165) is 8.66 Å². The summed E-state index contributed by atoms with van der Waals surface area (Å²) in [5.74, 6) is -1.78. The van der Waals surface area contributed by atoms with Crippen molar-refractivity contribution in [2.24, 2.45) is 0 Å². The van der Waals surface area contributed by atoms with Crippen LogP contribution in [0.2, 0.25) is 0 Å². The van der Waals surface area contributed by atoms with E-state index in [0.29, 0.717) is 13.2 Å². The molecule has 1 fully saturated rings. The molecule has 2 N–H and O–H groups in total. The molecule has 10 heteroatoms. The zero-order valence-corrected chi connectivity index (χ0v) is 15.8. The number of pyridine rings is 1. The topological polar surface area (TPSA) is 101 Å². The molecule has 0 saturated carbocycles. The van der Waals surface area contributed by atoms with Gasteiger partial charge < -0.3 is 24.6 Å². The molecule has 136 valence electrons. The molecule has 1 unspecified atom stereocenters. The second kappa shape index (κ2) is 6.53. The number of carbonyl (C=O) groups is 2. The molecular formula is C16H14BrN3O5S. The number of hydrogen-bond donors (Lipinski definition) is 2. The van der Waals surface area contributed by atoms with Gasteiger partial charge in [-0.1, -0.05) is 0 Å². The van der Waals surface area contributed by atoms with Crippen molar-refractivity contribution in [2.45, 2.75) is 19.3 Å². The summed E-state index contributed by atoms with van der Waals surface area (Å²) >= 11 is 4.81. The van der Waals surface area contributed by atoms with Crippen LogP contribution in [0.1, 0.15) is 25.7 Å². The van der Waals surface area contributed by atoms with Gasteiger partial charge in [0.25, 0.3) is 11.8 Å². The summed E-state index contributed by atoms with van der Waals surface area (Å²) in [5, 5.41) is 12.9. The Morgan fingerprint density at radius 2 is 2.23 bits per heavy atom. The highest BCUT2D eigenvalue weighted by Crippen LogP contribution is 2.26. The Labute approximate surface area is 160 Å². The van der Waals surface area contributed by atoms with Gasteiger partial charge in [-0.25, -0.2) is 0 Å². The van der Waals surface area contributed by atoms with Gasteiger partial charge >= 0.3 is 0 Å². The van der Waals surface area contributed by atoms with E-state index >= 15 is 0 Å². The van der Waals surface area contributed by atoms with Gasteiger partial charge in [0.05, 0.1) is 23.5 Å². The third kappa shape index (κ3) is 2.83. The van der Waals surface area contributed by atoms with Crippen molar-refractivity contribution in [2.75, 3.05) is 13.2 Å². The van der Waals surface area contributed by atoms with Crippen molar-refractivity contribution in [3.05, 3.63) is 48.5 Å². The second-order valence-electron chi connectivity index (χ2n) is 5.93. The first-order chi connectivity index (χ1) is 12.5. The van der Waals surface area contributed by atoms with Crippen LogP contribution in [-0.4, -0.2) is 45.8 Å². The Hall–Kier alpha value is -2.17. The van der Waals surface area contributed by atoms with Gasteiger partial charge in [-0.3, -0.25) is 14.4 Å². The molecule has 0 aromatic carbocycles. The van der Waals surface area contributed by atoms with Crippen molar-refractivity contribution in [1.29, 1.82) is 0 Å². The number of ether oxygens (including phenoxy) is 1. The maximum Gasteiger partial charge on any atom is 0.276 e. The van der Waals surface area contributed by atoms with Crippen molar-refractivity contribution in [3.8, 4) is 5.75 Å². The predicted molar refractivity (Wildman–Crippen MR) is 96.3 cm³/mol. The largest absolute Gasteiger partial charge is 0.503 e. The van der Waals surface area contributed by atoms with Gasteiger partial charge in [0, 0.05) is 17.6 Å². The third-order valence-corrected chi connectivity index (χ3v) is 5.98. The second-order valence-corrected chi connectivity index (χ2v) is 8.48. The number of aromatic hydroxyl groups is 1. The van der Waals surface area contributed by atoms with Crippen molar-refractivity contribution in [3.63, 3.8) is 0 Å². The summed E-state index contributed by atoms with van der Waals surface area (Å²) in [6, 6.07) is 3.72. The van der Waals surface area contributed by atoms with E-state index in [1.54, 1.807) is 0 Å². The summed E-state index contributed by atoms with van der Waals surface area (Å²) in [6.07, 6.45) is 0.866. The molecule has 8 nitrogen and oxygen atoms in total. The van der Waals surface area contributed by atoms with Crippen LogP contribution in [0.25, 0.3) is 0 Å². The Morgan fingerprint density at radius 1 is 1.42 bits per heavy atom. The van der Waals surface area contributed by atoms with Crippen LogP contribution >= 0.6 is 27.3 Å². The minimum absolute atomic E-state index is 0.101. The number of halogens is 1. The molecule has 1 atom stereocenters. The summed E-state index contributed by atoms with van der Waals surface area (Å²) in [6.45, 7) is 1.33. The van der Waals surface area contributed by atoms with Crippen LogP contribution in [0.5, 0.6) is 5.75 Å². The lowest BCUT2D eigenvalue weighted by molar-refractivity contribution is 0.00845. The molecule has 2 aliphatic heterocycles. The number of nitrogens with zero attached hydrogens (tertiary/aromatic N) is 2. The van der Waals surface area contributed by atoms with E-state index in [-0.39, 0.29) is 24.3 Å². The third-order valence-electron chi connectivity index (χ3n) is 4.36. The number of aromatic nitrogens is 1. The predicted octanol–water partition coefficient (Wildman–Crippen LogP) is 1.12. The fourth-order valence-electron chi connectivity index (χ4n) is 3.10. The highest BCUT2D eigenvalue weighted by molar-refractivity contribution is 9.11. The minimum Gasteiger partial charge on any atom is -0.503 e. The van der Waals surface area contributed by atoms with Crippen molar-refractivity contribution in [1.82, 2.24) is 14.8 Å². The fraction of sp³-hybridized carbons (Fsp3) is 0.312. The van der Waals surface area contributed by atoms with Gasteiger partial charge in [-0.2, -0.15) is 0 Å². The number of fused-ring (bicyclic) bond motifs is 2. The summed E-state index contributed by atoms with van der Waals surface area (Å²) < 4.78 is 7.84. The molecule has 4 heterocycles. The summed E-state index contributed by atoms with van der Waals surface area (Å²) in [5.41, 5.74) is -1.16. The average molecular weight is 440 g/mol. The van der Waals surface area contributed by atoms with E-state index in [9.17, 15) is 19.5 Å². The number of thiophene rings is 1. The molecule has 2 aromatic heterocycles. The van der Waals surface area contributed by atoms with Gasteiger partial charge in [0.2, 0.25) is 5.43 Å². The van der Waals surface area contributed by atoms with E-state index in [1.165, 1.54) is 27.0 Å². The SMILES string of the molecule is O=C(NCc1ccc(Br)s1)c1cn2c(c(O)c1=O)C(=O)N1CCOC1C2. The lowest BCUT2D eigenvalue weighted by Gasteiger charge is -2.31. The molecule has 0 spiro atoms. The monoisotopic (exact) mass is 439 g/mol. The standard InChI is InChI=1S/C16H14BrN3O5S/c17-10-2-1-8(26-10)5-18-15(23)9-6-19-7-11-20(3-4-25-11)16(24)12(19)14(22)13(9)21/h1-2,6,11,22H,3-5,7H2,(H,18,23). The number of carbonyl (C=O) groups excluding carboxylic acids is 2. The lowest BCUT2D eigenvalue weighted by Crippen LogP contribution is -2.46. The van der Waals surface area contributed by atoms with Crippen LogP contribution in [-0.2, 0) is 17.8 Å². The van der Waals surface area contributed by atoms with E-state index in [2.05, 4.69) is 21.2 Å². The fourth-order valence-corrected chi connectivity index (χ4v) is 4.52. The Bertz CT molecular complexity index is 969. The molecule has 0 radical (unpaired) electrons. The number of amides is 2. The van der Waals surface area contributed by atoms with Crippen molar-refractivity contribution >= 4 is 39.1 Å². The van der Waals surface area contributed by atoms with Crippen LogP contribution < -0.4 is 10.7 Å². The lowest BCUT2D eigenvalue weighted by atomic mass is 10.1. The zero-order chi connectivity index (χ0) is 18.4. The normalized spacial score (nSPS) is 18.6. The van der Waals surface area contributed by atoms with Gasteiger partial charge in [0.15, 0.2) is 17.7 Å². The Kier molecular flexibility index (Phi) is 4.33. The van der Waals surface area contributed by atoms with Crippen LogP contribution in [0.4, 0.5) is 0 Å². The van der Waals surface area contributed by atoms with Gasteiger partial charge in [-0.15, -0.1) is 11.3 Å². The number of nitrogens with one attached hydrogen (secondary N) is 1. The molecule has 26 heavy (non-hydrogen) atoms. The number of hydrogen-bond acceptors (Lipinski definition) is 6. The first-order valence-electron chi connectivity index (χ1n) is 7.87. The van der Waals surface area contributed by atoms with Crippen LogP contribution in [0.15, 0.2) is 26.9 Å². The molecule has 2 amide bonds. The van der Waals surface area contributed by atoms with Crippen LogP contribution in [0.3, 0.4) is 0 Å². The quantitative estimate of drug-likeness (QED) is 0.745. The zero-order valence-electron chi connectivity index (χ0n) is 13.4. The molecule has 0 aliphatic carbocycles. The van der Waals surface area contributed by atoms with E-state index < -0.39 is 29.2 Å². The molecule has 0 bridgehead atoms. The maximum absolute atomic E-state index is 12.5. The summed E-state index contributed by atoms with van der Waals surface area (Å²) in [4.78, 5) is 39.7. The van der Waals surface area contributed by atoms with Crippen LogP contribution in [0, 0.1) is 0 Å². The molecular weight excluding hydrogens is 426 g/mol. The number of rotatable bonds is 3. The van der Waals surface area contributed by atoms with Gasteiger partial charge in [-0.05, 0) is 28.1 Å². The van der Waals surface area contributed by atoms with Crippen molar-refractivity contribution < 1.29 is 19.4 Å². The van der Waals surface area contributed by atoms with Gasteiger partial charge in [0.1, 0.15) is 5.56 Å². The Balaban J connectivity index is 1.63. The molecule has 4 rings (SSSR count). The molecule has 2 aromatic rings. The maximum atomic E-state index is 12.5. The minimum atomic E-state index is -0.854. The highest BCUT2D eigenvalue weighted by atomic mass is 79.9. The van der Waals surface area contributed by atoms with E-state index in [1.807, 2.05) is 12.1 Å². The first kappa shape index (κ1) is 17.3. The Morgan fingerprint density at radius 3 is 2.96 bits per heavy atom. The highest BCUT2D eigenvalue weighted by Gasteiger charge is 2.39. The average Bonchev–Trinajstić information content (AvgIpc) is 3.24.